The molecule has 1 aliphatic rings. The number of hydrogen-bond donors (Lipinski definition) is 2. The van der Waals surface area contributed by atoms with Gasteiger partial charge >= 0.3 is 0 Å². The third-order valence-corrected chi connectivity index (χ3v) is 3.80. The number of aromatic nitrogens is 4. The first-order chi connectivity index (χ1) is 10.7. The molecule has 3 heterocycles. The number of carbonyl (C=O) groups excluding carboxylic acids is 1. The van der Waals surface area contributed by atoms with Crippen molar-refractivity contribution in [3.63, 3.8) is 0 Å². The van der Waals surface area contributed by atoms with E-state index >= 15 is 0 Å². The minimum atomic E-state index is -0.342. The van der Waals surface area contributed by atoms with E-state index in [9.17, 15) is 4.79 Å². The average molecular weight is 304 g/mol. The molecular weight excluding hydrogens is 284 g/mol. The molecule has 1 fully saturated rings. The van der Waals surface area contributed by atoms with Crippen LogP contribution in [-0.2, 0) is 9.53 Å². The predicted octanol–water partition coefficient (Wildman–Crippen LogP) is 0.648. The second-order valence-electron chi connectivity index (χ2n) is 5.66. The molecule has 2 aromatic rings. The van der Waals surface area contributed by atoms with Gasteiger partial charge in [0.1, 0.15) is 18.2 Å². The number of fused-ring (bicyclic) bond motifs is 1. The Kier molecular flexibility index (Phi) is 4.19. The number of carbonyl (C=O) groups is 1. The smallest absolute Gasteiger partial charge is 0.245 e. The second kappa shape index (κ2) is 6.27. The van der Waals surface area contributed by atoms with Gasteiger partial charge in [0.25, 0.3) is 0 Å². The van der Waals surface area contributed by atoms with E-state index < -0.39 is 0 Å². The number of amides is 1. The van der Waals surface area contributed by atoms with E-state index in [-0.39, 0.29) is 17.9 Å². The summed E-state index contributed by atoms with van der Waals surface area (Å²) in [5.74, 6) is 0.833. The lowest BCUT2D eigenvalue weighted by molar-refractivity contribution is -0.137. The van der Waals surface area contributed by atoms with Crippen LogP contribution >= 0.6 is 0 Å². The van der Waals surface area contributed by atoms with E-state index in [1.165, 1.54) is 6.33 Å². The number of ether oxygens (including phenoxy) is 1. The van der Waals surface area contributed by atoms with Crippen LogP contribution in [0.1, 0.15) is 13.8 Å². The van der Waals surface area contributed by atoms with Crippen LogP contribution in [0.5, 0.6) is 0 Å². The highest BCUT2D eigenvalue weighted by molar-refractivity contribution is 5.90. The van der Waals surface area contributed by atoms with Crippen molar-refractivity contribution in [2.75, 3.05) is 31.6 Å². The normalized spacial score (nSPS) is 17.0. The lowest BCUT2D eigenvalue weighted by Gasteiger charge is -2.32. The van der Waals surface area contributed by atoms with Crippen LogP contribution in [0.25, 0.3) is 11.0 Å². The van der Waals surface area contributed by atoms with Crippen molar-refractivity contribution < 1.29 is 9.53 Å². The molecule has 22 heavy (non-hydrogen) atoms. The maximum atomic E-state index is 12.8. The summed E-state index contributed by atoms with van der Waals surface area (Å²) < 4.78 is 5.31. The van der Waals surface area contributed by atoms with Crippen molar-refractivity contribution in [3.8, 4) is 0 Å². The summed E-state index contributed by atoms with van der Waals surface area (Å²) in [6.45, 7) is 6.49. The first-order valence-electron chi connectivity index (χ1n) is 7.44. The van der Waals surface area contributed by atoms with Crippen LogP contribution in [0.4, 0.5) is 5.82 Å². The number of anilines is 1. The fourth-order valence-electron chi connectivity index (χ4n) is 2.52. The quantitative estimate of drug-likeness (QED) is 0.861. The summed E-state index contributed by atoms with van der Waals surface area (Å²) in [7, 11) is 0. The highest BCUT2D eigenvalue weighted by Gasteiger charge is 2.29. The first kappa shape index (κ1) is 14.7. The Morgan fingerprint density at radius 1 is 1.36 bits per heavy atom. The monoisotopic (exact) mass is 304 g/mol. The molecule has 1 unspecified atom stereocenters. The highest BCUT2D eigenvalue weighted by Crippen LogP contribution is 2.20. The molecule has 8 nitrogen and oxygen atoms in total. The van der Waals surface area contributed by atoms with Crippen molar-refractivity contribution in [1.29, 1.82) is 0 Å². The van der Waals surface area contributed by atoms with Gasteiger partial charge in [0.15, 0.2) is 5.65 Å². The standard InChI is InChI=1S/C14H20N6O2/c1-9(2)11(14(21)20-3-5-22-6-4-20)18-12-10-7-17-19-13(10)16-8-15-12/h7-9,11H,3-6H2,1-2H3,(H2,15,16,17,18,19). The van der Waals surface area contributed by atoms with E-state index in [0.29, 0.717) is 37.8 Å². The number of morpholine rings is 1. The lowest BCUT2D eigenvalue weighted by atomic mass is 10.0. The van der Waals surface area contributed by atoms with Gasteiger partial charge in [-0.3, -0.25) is 9.89 Å². The molecule has 3 rings (SSSR count). The van der Waals surface area contributed by atoms with E-state index in [1.54, 1.807) is 6.20 Å². The van der Waals surface area contributed by atoms with Gasteiger partial charge in [0.2, 0.25) is 5.91 Å². The van der Waals surface area contributed by atoms with Gasteiger partial charge in [-0.15, -0.1) is 0 Å². The van der Waals surface area contributed by atoms with Crippen LogP contribution in [0.2, 0.25) is 0 Å². The Hall–Kier alpha value is -2.22. The minimum Gasteiger partial charge on any atom is -0.378 e. The molecule has 2 aromatic heterocycles. The molecular formula is C14H20N6O2. The zero-order valence-corrected chi connectivity index (χ0v) is 12.7. The number of nitrogens with zero attached hydrogens (tertiary/aromatic N) is 4. The molecule has 1 amide bonds. The molecule has 1 atom stereocenters. The Balaban J connectivity index is 1.82. The largest absolute Gasteiger partial charge is 0.378 e. The molecule has 118 valence electrons. The van der Waals surface area contributed by atoms with Gasteiger partial charge in [-0.1, -0.05) is 13.8 Å². The van der Waals surface area contributed by atoms with E-state index in [0.717, 1.165) is 5.39 Å². The second-order valence-corrected chi connectivity index (χ2v) is 5.66. The van der Waals surface area contributed by atoms with Crippen molar-refractivity contribution in [3.05, 3.63) is 12.5 Å². The third-order valence-electron chi connectivity index (χ3n) is 3.80. The fraction of sp³-hybridized carbons (Fsp3) is 0.571. The van der Waals surface area contributed by atoms with Crippen LogP contribution in [0.15, 0.2) is 12.5 Å². The predicted molar refractivity (Wildman–Crippen MR) is 81.3 cm³/mol. The third kappa shape index (κ3) is 2.87. The van der Waals surface area contributed by atoms with Gasteiger partial charge in [-0.05, 0) is 5.92 Å². The van der Waals surface area contributed by atoms with Crippen LogP contribution < -0.4 is 5.32 Å². The summed E-state index contributed by atoms with van der Waals surface area (Å²) in [5, 5.41) is 10.8. The molecule has 0 aromatic carbocycles. The molecule has 0 spiro atoms. The van der Waals surface area contributed by atoms with Gasteiger partial charge in [0, 0.05) is 13.1 Å². The van der Waals surface area contributed by atoms with Gasteiger partial charge < -0.3 is 15.0 Å². The molecule has 2 N–H and O–H groups in total. The van der Waals surface area contributed by atoms with E-state index in [2.05, 4.69) is 25.5 Å². The van der Waals surface area contributed by atoms with Gasteiger partial charge in [-0.25, -0.2) is 9.97 Å². The van der Waals surface area contributed by atoms with E-state index in [1.807, 2.05) is 18.7 Å². The summed E-state index contributed by atoms with van der Waals surface area (Å²) in [5.41, 5.74) is 0.652. The maximum absolute atomic E-state index is 12.8. The Bertz CT molecular complexity index is 650. The van der Waals surface area contributed by atoms with Crippen molar-refractivity contribution >= 4 is 22.8 Å². The molecule has 0 radical (unpaired) electrons. The number of nitrogens with one attached hydrogen (secondary N) is 2. The number of hydrogen-bond acceptors (Lipinski definition) is 6. The van der Waals surface area contributed by atoms with Crippen LogP contribution in [0.3, 0.4) is 0 Å². The molecule has 0 saturated carbocycles. The number of rotatable bonds is 4. The maximum Gasteiger partial charge on any atom is 0.245 e. The van der Waals surface area contributed by atoms with Gasteiger partial charge in [-0.2, -0.15) is 5.10 Å². The number of aromatic amines is 1. The Morgan fingerprint density at radius 2 is 2.14 bits per heavy atom. The first-order valence-corrected chi connectivity index (χ1v) is 7.44. The summed E-state index contributed by atoms with van der Waals surface area (Å²) in [6.07, 6.45) is 3.12. The van der Waals surface area contributed by atoms with Crippen molar-refractivity contribution in [2.45, 2.75) is 19.9 Å². The summed E-state index contributed by atoms with van der Waals surface area (Å²) >= 11 is 0. The molecule has 1 aliphatic heterocycles. The van der Waals surface area contributed by atoms with Crippen molar-refractivity contribution in [1.82, 2.24) is 25.1 Å². The van der Waals surface area contributed by atoms with Crippen molar-refractivity contribution in [2.24, 2.45) is 5.92 Å². The fourth-order valence-corrected chi connectivity index (χ4v) is 2.52. The van der Waals surface area contributed by atoms with Crippen LogP contribution in [0, 0.1) is 5.92 Å². The summed E-state index contributed by atoms with van der Waals surface area (Å²) in [6, 6.07) is -0.342. The molecule has 1 saturated heterocycles. The molecule has 0 aliphatic carbocycles. The summed E-state index contributed by atoms with van der Waals surface area (Å²) in [4.78, 5) is 23.0. The molecule has 0 bridgehead atoms. The molecule has 8 heteroatoms. The zero-order valence-electron chi connectivity index (χ0n) is 12.7. The van der Waals surface area contributed by atoms with Gasteiger partial charge in [0.05, 0.1) is 24.8 Å². The zero-order chi connectivity index (χ0) is 15.5. The Labute approximate surface area is 128 Å². The minimum absolute atomic E-state index is 0.0774. The SMILES string of the molecule is CC(C)C(Nc1ncnc2[nH]ncc12)C(=O)N1CCOCC1. The van der Waals surface area contributed by atoms with E-state index in [4.69, 9.17) is 4.74 Å². The topological polar surface area (TPSA) is 96.0 Å². The highest BCUT2D eigenvalue weighted by atomic mass is 16.5. The lowest BCUT2D eigenvalue weighted by Crippen LogP contribution is -2.49. The number of H-pyrrole nitrogens is 1. The average Bonchev–Trinajstić information content (AvgIpc) is 3.02. The van der Waals surface area contributed by atoms with Crippen LogP contribution in [-0.4, -0.2) is 63.3 Å². The Morgan fingerprint density at radius 3 is 2.86 bits per heavy atom.